The lowest BCUT2D eigenvalue weighted by Gasteiger charge is -2.07. The molecule has 0 saturated carbocycles. The zero-order chi connectivity index (χ0) is 21.5. The second-order valence-corrected chi connectivity index (χ2v) is 7.94. The summed E-state index contributed by atoms with van der Waals surface area (Å²) in [5.74, 6) is -4.15. The van der Waals surface area contributed by atoms with Crippen LogP contribution in [0.25, 0.3) is 32.1 Å². The van der Waals surface area contributed by atoms with Crippen LogP contribution in [0.3, 0.4) is 0 Å². The van der Waals surface area contributed by atoms with Crippen LogP contribution in [0.5, 0.6) is 0 Å². The molecule has 3 aromatic heterocycles. The van der Waals surface area contributed by atoms with Crippen LogP contribution in [0.4, 0.5) is 13.2 Å². The van der Waals surface area contributed by atoms with Crippen molar-refractivity contribution in [2.75, 3.05) is 0 Å². The van der Waals surface area contributed by atoms with Crippen molar-refractivity contribution in [3.8, 4) is 11.1 Å². The van der Waals surface area contributed by atoms with Crippen LogP contribution in [-0.4, -0.2) is 14.8 Å². The second-order valence-electron chi connectivity index (χ2n) is 7.03. The van der Waals surface area contributed by atoms with Crippen molar-refractivity contribution in [1.29, 1.82) is 0 Å². The Labute approximate surface area is 178 Å². The smallest absolute Gasteiger partial charge is 0.267 e. The number of aromatic nitrogens is 3. The topological polar surface area (TPSA) is 47.8 Å². The standard InChI is InChI=1S/C23H14F3N3OS/c24-17-8-7-15(21(25)22(17)26)16-12-31-19-11-27-29(23(30)20(16)19)10-9-14-6-5-13-3-1-2-4-18(13)28-14/h1-8,11-12H,9-10H2. The maximum Gasteiger partial charge on any atom is 0.276 e. The summed E-state index contributed by atoms with van der Waals surface area (Å²) in [6.07, 6.45) is 2.00. The van der Waals surface area contributed by atoms with E-state index in [0.29, 0.717) is 11.1 Å². The van der Waals surface area contributed by atoms with Crippen LogP contribution >= 0.6 is 11.3 Å². The number of nitrogens with zero attached hydrogens (tertiary/aromatic N) is 3. The predicted octanol–water partition coefficient (Wildman–Crippen LogP) is 5.33. The Kier molecular flexibility index (Phi) is 4.78. The number of fused-ring (bicyclic) bond motifs is 2. The fourth-order valence-corrected chi connectivity index (χ4v) is 4.46. The molecule has 5 rings (SSSR count). The van der Waals surface area contributed by atoms with E-state index in [0.717, 1.165) is 28.7 Å². The minimum Gasteiger partial charge on any atom is -0.267 e. The SMILES string of the molecule is O=c1c2c(-c3ccc(F)c(F)c3F)csc2cnn1CCc1ccc2ccccc2n1. The van der Waals surface area contributed by atoms with Crippen LogP contribution in [-0.2, 0) is 13.0 Å². The van der Waals surface area contributed by atoms with E-state index >= 15 is 0 Å². The van der Waals surface area contributed by atoms with Gasteiger partial charge >= 0.3 is 0 Å². The van der Waals surface area contributed by atoms with Gasteiger partial charge in [0.2, 0.25) is 0 Å². The number of pyridine rings is 1. The van der Waals surface area contributed by atoms with E-state index in [-0.39, 0.29) is 23.1 Å². The molecule has 0 atom stereocenters. The van der Waals surface area contributed by atoms with E-state index < -0.39 is 23.0 Å². The Bertz CT molecular complexity index is 1510. The van der Waals surface area contributed by atoms with Crippen molar-refractivity contribution in [2.45, 2.75) is 13.0 Å². The minimum absolute atomic E-state index is 0.156. The van der Waals surface area contributed by atoms with Crippen molar-refractivity contribution < 1.29 is 13.2 Å². The van der Waals surface area contributed by atoms with Crippen molar-refractivity contribution >= 4 is 32.3 Å². The molecule has 0 bridgehead atoms. The molecule has 3 heterocycles. The van der Waals surface area contributed by atoms with Gasteiger partial charge in [-0.1, -0.05) is 24.3 Å². The van der Waals surface area contributed by atoms with E-state index in [9.17, 15) is 18.0 Å². The van der Waals surface area contributed by atoms with Gasteiger partial charge < -0.3 is 0 Å². The molecule has 0 aliphatic carbocycles. The van der Waals surface area contributed by atoms with E-state index in [4.69, 9.17) is 0 Å². The van der Waals surface area contributed by atoms with Crippen molar-refractivity contribution in [3.05, 3.63) is 93.6 Å². The number of benzene rings is 2. The minimum atomic E-state index is -1.56. The number of rotatable bonds is 4. The molecular weight excluding hydrogens is 423 g/mol. The molecule has 0 saturated heterocycles. The van der Waals surface area contributed by atoms with E-state index in [1.807, 2.05) is 36.4 Å². The number of thiophene rings is 1. The summed E-state index contributed by atoms with van der Waals surface area (Å²) in [7, 11) is 0. The van der Waals surface area contributed by atoms with Gasteiger partial charge in [-0.25, -0.2) is 17.9 Å². The van der Waals surface area contributed by atoms with Gasteiger partial charge in [-0.3, -0.25) is 9.78 Å². The van der Waals surface area contributed by atoms with Crippen LogP contribution in [0, 0.1) is 17.5 Å². The van der Waals surface area contributed by atoms with Gasteiger partial charge in [0.1, 0.15) is 0 Å². The second kappa shape index (κ2) is 7.63. The molecule has 0 N–H and O–H groups in total. The molecule has 0 spiro atoms. The number of aryl methyl sites for hydroxylation is 2. The lowest BCUT2D eigenvalue weighted by Crippen LogP contribution is -2.23. The Morgan fingerprint density at radius 1 is 0.935 bits per heavy atom. The maximum atomic E-state index is 14.3. The summed E-state index contributed by atoms with van der Waals surface area (Å²) in [5, 5.41) is 7.02. The van der Waals surface area contributed by atoms with Crippen LogP contribution < -0.4 is 5.56 Å². The first-order valence-corrected chi connectivity index (χ1v) is 10.4. The third kappa shape index (κ3) is 3.38. The summed E-state index contributed by atoms with van der Waals surface area (Å²) in [5.41, 5.74) is 1.32. The molecule has 4 nitrogen and oxygen atoms in total. The van der Waals surface area contributed by atoms with E-state index in [1.165, 1.54) is 22.2 Å². The summed E-state index contributed by atoms with van der Waals surface area (Å²) in [4.78, 5) is 17.7. The lowest BCUT2D eigenvalue weighted by molar-refractivity contribution is 0.449. The number of hydrogen-bond donors (Lipinski definition) is 0. The largest absolute Gasteiger partial charge is 0.276 e. The lowest BCUT2D eigenvalue weighted by atomic mass is 10.0. The molecule has 8 heteroatoms. The number of halogens is 3. The molecule has 154 valence electrons. The number of para-hydroxylation sites is 1. The molecule has 0 radical (unpaired) electrons. The maximum absolute atomic E-state index is 14.3. The molecule has 0 unspecified atom stereocenters. The van der Waals surface area contributed by atoms with Crippen molar-refractivity contribution in [2.24, 2.45) is 0 Å². The zero-order valence-corrected chi connectivity index (χ0v) is 16.8. The van der Waals surface area contributed by atoms with E-state index in [1.54, 1.807) is 5.38 Å². The third-order valence-corrected chi connectivity index (χ3v) is 6.06. The molecule has 2 aromatic carbocycles. The Balaban J connectivity index is 1.52. The Morgan fingerprint density at radius 2 is 1.77 bits per heavy atom. The molecule has 5 aromatic rings. The van der Waals surface area contributed by atoms with Gasteiger partial charge in [0.25, 0.3) is 5.56 Å². The molecule has 0 amide bonds. The van der Waals surface area contributed by atoms with Gasteiger partial charge in [-0.15, -0.1) is 11.3 Å². The summed E-state index contributed by atoms with van der Waals surface area (Å²) >= 11 is 1.20. The highest BCUT2D eigenvalue weighted by Gasteiger charge is 2.20. The highest BCUT2D eigenvalue weighted by atomic mass is 32.1. The average molecular weight is 437 g/mol. The van der Waals surface area contributed by atoms with Crippen LogP contribution in [0.2, 0.25) is 0 Å². The normalized spacial score (nSPS) is 11.5. The highest BCUT2D eigenvalue weighted by molar-refractivity contribution is 7.17. The molecule has 0 aliphatic rings. The molecule has 31 heavy (non-hydrogen) atoms. The molecular formula is C23H14F3N3OS. The first-order valence-electron chi connectivity index (χ1n) is 9.49. The van der Waals surface area contributed by atoms with E-state index in [2.05, 4.69) is 10.1 Å². The quantitative estimate of drug-likeness (QED) is 0.357. The zero-order valence-electron chi connectivity index (χ0n) is 16.0. The van der Waals surface area contributed by atoms with Gasteiger partial charge in [0, 0.05) is 34.0 Å². The predicted molar refractivity (Wildman–Crippen MR) is 115 cm³/mol. The first-order chi connectivity index (χ1) is 15.0. The van der Waals surface area contributed by atoms with Gasteiger partial charge in [-0.05, 0) is 24.3 Å². The Hall–Kier alpha value is -3.52. The van der Waals surface area contributed by atoms with Crippen LogP contribution in [0.1, 0.15) is 5.69 Å². The van der Waals surface area contributed by atoms with Crippen LogP contribution in [0.15, 0.2) is 64.9 Å². The molecule has 0 fully saturated rings. The fourth-order valence-electron chi connectivity index (χ4n) is 3.55. The number of hydrogen-bond acceptors (Lipinski definition) is 4. The summed E-state index contributed by atoms with van der Waals surface area (Å²) in [6.45, 7) is 0.273. The fraction of sp³-hybridized carbons (Fsp3) is 0.0870. The third-order valence-electron chi connectivity index (χ3n) is 5.14. The monoisotopic (exact) mass is 437 g/mol. The van der Waals surface area contributed by atoms with Crippen molar-refractivity contribution in [3.63, 3.8) is 0 Å². The van der Waals surface area contributed by atoms with Gasteiger partial charge in [0.05, 0.1) is 28.3 Å². The summed E-state index contributed by atoms with van der Waals surface area (Å²) in [6, 6.07) is 13.6. The Morgan fingerprint density at radius 3 is 2.65 bits per heavy atom. The average Bonchev–Trinajstić information content (AvgIpc) is 3.22. The van der Waals surface area contributed by atoms with Crippen molar-refractivity contribution in [1.82, 2.24) is 14.8 Å². The first kappa shape index (κ1) is 19.4. The highest BCUT2D eigenvalue weighted by Crippen LogP contribution is 2.34. The summed E-state index contributed by atoms with van der Waals surface area (Å²) < 4.78 is 43.2. The van der Waals surface area contributed by atoms with Gasteiger partial charge in [-0.2, -0.15) is 5.10 Å². The molecule has 0 aliphatic heterocycles. The van der Waals surface area contributed by atoms with Gasteiger partial charge in [0.15, 0.2) is 17.5 Å².